The number of nitrogens with zero attached hydrogens (tertiary/aromatic N) is 2. The van der Waals surface area contributed by atoms with Crippen molar-refractivity contribution >= 4 is 44.9 Å². The fourth-order valence-corrected chi connectivity index (χ4v) is 3.84. The highest BCUT2D eigenvalue weighted by Gasteiger charge is 2.09. The van der Waals surface area contributed by atoms with Gasteiger partial charge in [0.1, 0.15) is 15.8 Å². The van der Waals surface area contributed by atoms with Crippen molar-refractivity contribution in [2.24, 2.45) is 0 Å². The first-order valence-electron chi connectivity index (χ1n) is 6.24. The van der Waals surface area contributed by atoms with Gasteiger partial charge in [-0.3, -0.25) is 0 Å². The van der Waals surface area contributed by atoms with E-state index in [1.165, 1.54) is 15.3 Å². The summed E-state index contributed by atoms with van der Waals surface area (Å²) in [5.74, 6) is 1.52. The van der Waals surface area contributed by atoms with E-state index in [1.54, 1.807) is 23.1 Å². The molecular formula is C15H13ClN2S2. The monoisotopic (exact) mass is 320 g/mol. The van der Waals surface area contributed by atoms with Gasteiger partial charge in [0, 0.05) is 15.2 Å². The molecule has 0 saturated heterocycles. The minimum Gasteiger partial charge on any atom is -0.221 e. The number of aryl methyl sites for hydroxylation is 2. The van der Waals surface area contributed by atoms with Crippen molar-refractivity contribution in [1.29, 1.82) is 0 Å². The number of fused-ring (bicyclic) bond motifs is 1. The lowest BCUT2D eigenvalue weighted by Crippen LogP contribution is -1.92. The molecule has 0 aliphatic heterocycles. The lowest BCUT2D eigenvalue weighted by atomic mass is 10.2. The van der Waals surface area contributed by atoms with Crippen LogP contribution in [0.3, 0.4) is 0 Å². The first kappa shape index (κ1) is 13.9. The smallest absolute Gasteiger partial charge is 0.142 e. The number of hydrogen-bond donors (Lipinski definition) is 0. The molecule has 0 atom stereocenters. The second-order valence-electron chi connectivity index (χ2n) is 4.61. The van der Waals surface area contributed by atoms with E-state index in [9.17, 15) is 0 Å². The Morgan fingerprint density at radius 2 is 1.90 bits per heavy atom. The van der Waals surface area contributed by atoms with Crippen LogP contribution in [0.25, 0.3) is 10.2 Å². The van der Waals surface area contributed by atoms with Crippen molar-refractivity contribution in [3.63, 3.8) is 0 Å². The Morgan fingerprint density at radius 3 is 2.65 bits per heavy atom. The molecular weight excluding hydrogens is 308 g/mol. The molecule has 102 valence electrons. The van der Waals surface area contributed by atoms with E-state index in [1.807, 2.05) is 6.07 Å². The molecule has 2 nitrogen and oxygen atoms in total. The summed E-state index contributed by atoms with van der Waals surface area (Å²) < 4.78 is 0. The number of aromatic nitrogens is 2. The van der Waals surface area contributed by atoms with E-state index in [0.29, 0.717) is 5.15 Å². The molecule has 3 aromatic rings. The molecule has 0 saturated carbocycles. The highest BCUT2D eigenvalue weighted by molar-refractivity contribution is 7.98. The fourth-order valence-electron chi connectivity index (χ4n) is 1.90. The number of thiophene rings is 1. The zero-order valence-electron chi connectivity index (χ0n) is 11.2. The standard InChI is InChI=1S/C15H13ClN2S2/c1-9-3-5-11(6-4-9)19-8-13-17-14(16)12-7-10(2)20-15(12)18-13/h3-7H,8H2,1-2H3. The highest BCUT2D eigenvalue weighted by atomic mass is 35.5. The van der Waals surface area contributed by atoms with Gasteiger partial charge in [0.05, 0.1) is 5.75 Å². The van der Waals surface area contributed by atoms with Gasteiger partial charge in [0.15, 0.2) is 0 Å². The van der Waals surface area contributed by atoms with E-state index >= 15 is 0 Å². The van der Waals surface area contributed by atoms with Gasteiger partial charge >= 0.3 is 0 Å². The van der Waals surface area contributed by atoms with E-state index in [-0.39, 0.29) is 0 Å². The molecule has 0 fully saturated rings. The van der Waals surface area contributed by atoms with Crippen molar-refractivity contribution in [2.75, 3.05) is 0 Å². The third kappa shape index (κ3) is 2.97. The van der Waals surface area contributed by atoms with Crippen LogP contribution in [0.15, 0.2) is 35.2 Å². The first-order chi connectivity index (χ1) is 9.61. The quantitative estimate of drug-likeness (QED) is 0.486. The van der Waals surface area contributed by atoms with Crippen molar-refractivity contribution in [3.8, 4) is 0 Å². The Balaban J connectivity index is 1.82. The molecule has 2 heterocycles. The summed E-state index contributed by atoms with van der Waals surface area (Å²) in [5, 5.41) is 1.51. The predicted molar refractivity (Wildman–Crippen MR) is 87.9 cm³/mol. The first-order valence-corrected chi connectivity index (χ1v) is 8.42. The topological polar surface area (TPSA) is 25.8 Å². The van der Waals surface area contributed by atoms with Crippen molar-refractivity contribution < 1.29 is 0 Å². The Hall–Kier alpha value is -1.10. The van der Waals surface area contributed by atoms with E-state index < -0.39 is 0 Å². The molecule has 3 rings (SSSR count). The third-order valence-electron chi connectivity index (χ3n) is 2.90. The molecule has 1 aromatic carbocycles. The summed E-state index contributed by atoms with van der Waals surface area (Å²) in [6.45, 7) is 4.15. The third-order valence-corrected chi connectivity index (χ3v) is 5.15. The minimum atomic E-state index is 0.554. The SMILES string of the molecule is Cc1ccc(SCc2nc(Cl)c3cc(C)sc3n2)cc1. The maximum absolute atomic E-state index is 6.22. The second kappa shape index (κ2) is 5.72. The maximum Gasteiger partial charge on any atom is 0.142 e. The summed E-state index contributed by atoms with van der Waals surface area (Å²) >= 11 is 9.61. The van der Waals surface area contributed by atoms with Crippen molar-refractivity contribution in [2.45, 2.75) is 24.5 Å². The summed E-state index contributed by atoms with van der Waals surface area (Å²) in [4.78, 5) is 12.4. The van der Waals surface area contributed by atoms with Gasteiger partial charge in [0.2, 0.25) is 0 Å². The molecule has 0 radical (unpaired) electrons. The van der Waals surface area contributed by atoms with Gasteiger partial charge in [-0.15, -0.1) is 23.1 Å². The Morgan fingerprint density at radius 1 is 1.15 bits per heavy atom. The summed E-state index contributed by atoms with van der Waals surface area (Å²) in [5.41, 5.74) is 1.27. The molecule has 20 heavy (non-hydrogen) atoms. The van der Waals surface area contributed by atoms with Crippen LogP contribution in [0.5, 0.6) is 0 Å². The normalized spacial score (nSPS) is 11.2. The average Bonchev–Trinajstić information content (AvgIpc) is 2.79. The number of halogens is 1. The van der Waals surface area contributed by atoms with Crippen LogP contribution in [0.1, 0.15) is 16.3 Å². The minimum absolute atomic E-state index is 0.554. The van der Waals surface area contributed by atoms with Crippen LogP contribution < -0.4 is 0 Å². The molecule has 0 unspecified atom stereocenters. The predicted octanol–water partition coefficient (Wildman–Crippen LogP) is 5.25. The molecule has 0 bridgehead atoms. The summed E-state index contributed by atoms with van der Waals surface area (Å²) in [7, 11) is 0. The lowest BCUT2D eigenvalue weighted by molar-refractivity contribution is 1.07. The van der Waals surface area contributed by atoms with E-state index in [4.69, 9.17) is 11.6 Å². The maximum atomic E-state index is 6.22. The molecule has 0 aliphatic carbocycles. The van der Waals surface area contributed by atoms with E-state index in [2.05, 4.69) is 48.1 Å². The number of hydrogen-bond acceptors (Lipinski definition) is 4. The number of thioether (sulfide) groups is 1. The Kier molecular flexibility index (Phi) is 3.96. The zero-order valence-corrected chi connectivity index (χ0v) is 13.6. The highest BCUT2D eigenvalue weighted by Crippen LogP contribution is 2.30. The molecule has 0 spiro atoms. The van der Waals surface area contributed by atoms with Gasteiger partial charge in [-0.1, -0.05) is 29.3 Å². The Bertz CT molecular complexity index is 750. The van der Waals surface area contributed by atoms with Crippen LogP contribution in [0, 0.1) is 13.8 Å². The molecule has 0 amide bonds. The van der Waals surface area contributed by atoms with Crippen LogP contribution in [0.2, 0.25) is 5.15 Å². The lowest BCUT2D eigenvalue weighted by Gasteiger charge is -2.02. The van der Waals surface area contributed by atoms with Gasteiger partial charge in [-0.05, 0) is 32.0 Å². The second-order valence-corrected chi connectivity index (χ2v) is 7.25. The number of benzene rings is 1. The molecule has 2 aromatic heterocycles. The van der Waals surface area contributed by atoms with Gasteiger partial charge in [-0.25, -0.2) is 9.97 Å². The van der Waals surface area contributed by atoms with Gasteiger partial charge in [-0.2, -0.15) is 0 Å². The van der Waals surface area contributed by atoms with Crippen LogP contribution in [-0.2, 0) is 5.75 Å². The Labute approximate surface area is 131 Å². The summed E-state index contributed by atoms with van der Waals surface area (Å²) in [6, 6.07) is 10.5. The van der Waals surface area contributed by atoms with E-state index in [0.717, 1.165) is 21.8 Å². The van der Waals surface area contributed by atoms with Gasteiger partial charge in [0.25, 0.3) is 0 Å². The fraction of sp³-hybridized carbons (Fsp3) is 0.200. The van der Waals surface area contributed by atoms with Crippen LogP contribution >= 0.6 is 34.7 Å². The largest absolute Gasteiger partial charge is 0.221 e. The van der Waals surface area contributed by atoms with Crippen LogP contribution in [-0.4, -0.2) is 9.97 Å². The number of rotatable bonds is 3. The van der Waals surface area contributed by atoms with Crippen molar-refractivity contribution in [3.05, 3.63) is 51.7 Å². The molecule has 0 N–H and O–H groups in total. The molecule has 0 aliphatic rings. The zero-order chi connectivity index (χ0) is 14.1. The molecule has 5 heteroatoms. The summed E-state index contributed by atoms with van der Waals surface area (Å²) in [6.07, 6.45) is 0. The van der Waals surface area contributed by atoms with Crippen molar-refractivity contribution in [1.82, 2.24) is 9.97 Å². The van der Waals surface area contributed by atoms with Gasteiger partial charge < -0.3 is 0 Å². The average molecular weight is 321 g/mol. The van der Waals surface area contributed by atoms with Crippen LogP contribution in [0.4, 0.5) is 0 Å².